The minimum absolute atomic E-state index is 0.289. The Balaban J connectivity index is 2.59. The molecule has 0 saturated carbocycles. The molecule has 1 heterocycles. The van der Waals surface area contributed by atoms with E-state index >= 15 is 0 Å². The third kappa shape index (κ3) is 6.20. The average molecular weight is 285 g/mol. The maximum absolute atomic E-state index is 4.95. The van der Waals surface area contributed by atoms with Gasteiger partial charge in [-0.25, -0.2) is 0 Å². The van der Waals surface area contributed by atoms with Crippen molar-refractivity contribution >= 4 is 16.9 Å². The van der Waals surface area contributed by atoms with Crippen molar-refractivity contribution in [1.82, 2.24) is 5.32 Å². The standard InChI is InChI=1S/C16H32N2S/c1-6-8-10-13(9-7-2)17-15-18-14(11-12-19-15)16(3,4)5/h13-14H,6-12H2,1-5H3,(H,17,18). The molecule has 0 spiro atoms. The van der Waals surface area contributed by atoms with Crippen LogP contribution in [0.2, 0.25) is 0 Å². The van der Waals surface area contributed by atoms with E-state index in [9.17, 15) is 0 Å². The number of nitrogens with zero attached hydrogens (tertiary/aromatic N) is 1. The predicted octanol–water partition coefficient (Wildman–Crippen LogP) is 4.84. The molecule has 2 unspecified atom stereocenters. The minimum atomic E-state index is 0.289. The Bertz CT molecular complexity index is 281. The second-order valence-electron chi connectivity index (χ2n) is 6.73. The van der Waals surface area contributed by atoms with Gasteiger partial charge in [0.2, 0.25) is 0 Å². The number of amidine groups is 1. The molecule has 1 rings (SSSR count). The van der Waals surface area contributed by atoms with Gasteiger partial charge in [-0.3, -0.25) is 4.99 Å². The topological polar surface area (TPSA) is 24.4 Å². The summed E-state index contributed by atoms with van der Waals surface area (Å²) in [6, 6.07) is 1.10. The highest BCUT2D eigenvalue weighted by molar-refractivity contribution is 8.13. The smallest absolute Gasteiger partial charge is 0.157 e. The lowest BCUT2D eigenvalue weighted by Gasteiger charge is -2.32. The summed E-state index contributed by atoms with van der Waals surface area (Å²) in [4.78, 5) is 4.95. The molecular weight excluding hydrogens is 252 g/mol. The molecule has 2 nitrogen and oxygen atoms in total. The Labute approximate surface area is 124 Å². The van der Waals surface area contributed by atoms with Crippen LogP contribution in [0, 0.1) is 5.41 Å². The van der Waals surface area contributed by atoms with Crippen LogP contribution in [-0.4, -0.2) is 23.0 Å². The van der Waals surface area contributed by atoms with Crippen LogP contribution in [0.1, 0.15) is 73.1 Å². The molecule has 1 aliphatic heterocycles. The van der Waals surface area contributed by atoms with E-state index in [1.807, 2.05) is 11.8 Å². The quantitative estimate of drug-likeness (QED) is 0.754. The first-order valence-electron chi connectivity index (χ1n) is 7.94. The summed E-state index contributed by atoms with van der Waals surface area (Å²) < 4.78 is 0. The van der Waals surface area contributed by atoms with Gasteiger partial charge in [-0.2, -0.15) is 0 Å². The van der Waals surface area contributed by atoms with Gasteiger partial charge >= 0.3 is 0 Å². The molecule has 0 aromatic heterocycles. The fourth-order valence-electron chi connectivity index (χ4n) is 2.48. The zero-order chi connectivity index (χ0) is 14.3. The van der Waals surface area contributed by atoms with Crippen molar-refractivity contribution in [3.05, 3.63) is 0 Å². The number of hydrogen-bond acceptors (Lipinski definition) is 3. The highest BCUT2D eigenvalue weighted by Gasteiger charge is 2.27. The van der Waals surface area contributed by atoms with Crippen LogP contribution in [0.25, 0.3) is 0 Å². The molecule has 0 bridgehead atoms. The molecule has 0 amide bonds. The monoisotopic (exact) mass is 284 g/mol. The van der Waals surface area contributed by atoms with E-state index < -0.39 is 0 Å². The first-order valence-corrected chi connectivity index (χ1v) is 8.93. The Hall–Kier alpha value is -0.180. The van der Waals surface area contributed by atoms with Gasteiger partial charge in [-0.1, -0.05) is 65.6 Å². The Morgan fingerprint density at radius 3 is 2.58 bits per heavy atom. The summed E-state index contributed by atoms with van der Waals surface area (Å²) in [5.41, 5.74) is 0.289. The highest BCUT2D eigenvalue weighted by atomic mass is 32.2. The van der Waals surface area contributed by atoms with E-state index in [2.05, 4.69) is 39.9 Å². The van der Waals surface area contributed by atoms with Crippen molar-refractivity contribution < 1.29 is 0 Å². The Morgan fingerprint density at radius 1 is 1.26 bits per heavy atom. The average Bonchev–Trinajstić information content (AvgIpc) is 2.35. The van der Waals surface area contributed by atoms with Crippen molar-refractivity contribution in [2.75, 3.05) is 5.75 Å². The van der Waals surface area contributed by atoms with E-state index in [4.69, 9.17) is 4.99 Å². The molecule has 0 aromatic carbocycles. The predicted molar refractivity (Wildman–Crippen MR) is 89.1 cm³/mol. The first kappa shape index (κ1) is 16.9. The van der Waals surface area contributed by atoms with Gasteiger partial charge in [0.25, 0.3) is 0 Å². The molecule has 2 atom stereocenters. The maximum atomic E-state index is 4.95. The number of aliphatic imine (C=N–C) groups is 1. The van der Waals surface area contributed by atoms with Gasteiger partial charge in [0.05, 0.1) is 6.04 Å². The number of rotatable bonds is 6. The van der Waals surface area contributed by atoms with Crippen LogP contribution in [0.15, 0.2) is 4.99 Å². The molecule has 3 heteroatoms. The van der Waals surface area contributed by atoms with Gasteiger partial charge in [-0.15, -0.1) is 0 Å². The fraction of sp³-hybridized carbons (Fsp3) is 0.938. The summed E-state index contributed by atoms with van der Waals surface area (Å²) in [5, 5.41) is 4.90. The summed E-state index contributed by atoms with van der Waals surface area (Å²) in [6.07, 6.45) is 7.61. The summed E-state index contributed by atoms with van der Waals surface area (Å²) in [6.45, 7) is 11.4. The van der Waals surface area contributed by atoms with Crippen molar-refractivity contribution in [2.24, 2.45) is 10.4 Å². The summed E-state index contributed by atoms with van der Waals surface area (Å²) >= 11 is 1.91. The lowest BCUT2D eigenvalue weighted by Crippen LogP contribution is -2.38. The summed E-state index contributed by atoms with van der Waals surface area (Å²) in [7, 11) is 0. The number of unbranched alkanes of at least 4 members (excludes halogenated alkanes) is 1. The maximum Gasteiger partial charge on any atom is 0.157 e. The van der Waals surface area contributed by atoms with Crippen LogP contribution in [0.4, 0.5) is 0 Å². The molecule has 0 saturated heterocycles. The molecule has 19 heavy (non-hydrogen) atoms. The molecule has 112 valence electrons. The Morgan fingerprint density at radius 2 is 2.00 bits per heavy atom. The Kier molecular flexibility index (Phi) is 7.27. The third-order valence-electron chi connectivity index (χ3n) is 3.77. The van der Waals surface area contributed by atoms with E-state index in [1.165, 1.54) is 49.4 Å². The van der Waals surface area contributed by atoms with E-state index in [0.717, 1.165) is 0 Å². The minimum Gasteiger partial charge on any atom is -0.362 e. The van der Waals surface area contributed by atoms with Gasteiger partial charge < -0.3 is 5.32 Å². The van der Waals surface area contributed by atoms with Crippen LogP contribution in [0.5, 0.6) is 0 Å². The normalized spacial score (nSPS) is 21.9. The van der Waals surface area contributed by atoms with Crippen molar-refractivity contribution in [2.45, 2.75) is 85.2 Å². The fourth-order valence-corrected chi connectivity index (χ4v) is 3.46. The van der Waals surface area contributed by atoms with E-state index in [0.29, 0.717) is 12.1 Å². The van der Waals surface area contributed by atoms with Crippen LogP contribution < -0.4 is 5.32 Å². The van der Waals surface area contributed by atoms with Crippen molar-refractivity contribution in [3.63, 3.8) is 0 Å². The molecular formula is C16H32N2S. The zero-order valence-electron chi connectivity index (χ0n) is 13.5. The first-order chi connectivity index (χ1) is 8.97. The zero-order valence-corrected chi connectivity index (χ0v) is 14.3. The van der Waals surface area contributed by atoms with Crippen LogP contribution in [-0.2, 0) is 0 Å². The third-order valence-corrected chi connectivity index (χ3v) is 4.71. The second-order valence-corrected chi connectivity index (χ2v) is 7.81. The van der Waals surface area contributed by atoms with Crippen molar-refractivity contribution in [3.8, 4) is 0 Å². The molecule has 1 N–H and O–H groups in total. The summed E-state index contributed by atoms with van der Waals surface area (Å²) in [5.74, 6) is 1.21. The molecule has 0 aromatic rings. The number of hydrogen-bond donors (Lipinski definition) is 1. The SMILES string of the molecule is CCCCC(CCC)NC1=NC(C(C)(C)C)CCS1. The van der Waals surface area contributed by atoms with E-state index in [1.54, 1.807) is 0 Å². The van der Waals surface area contributed by atoms with Gasteiger partial charge in [0.1, 0.15) is 0 Å². The number of thioether (sulfide) groups is 1. The molecule has 0 aliphatic carbocycles. The molecule has 0 radical (unpaired) electrons. The molecule has 1 aliphatic rings. The number of nitrogens with one attached hydrogen (secondary N) is 1. The largest absolute Gasteiger partial charge is 0.362 e. The van der Waals surface area contributed by atoms with Crippen LogP contribution >= 0.6 is 11.8 Å². The highest BCUT2D eigenvalue weighted by Crippen LogP contribution is 2.30. The van der Waals surface area contributed by atoms with Gasteiger partial charge in [0.15, 0.2) is 5.17 Å². The van der Waals surface area contributed by atoms with Crippen LogP contribution in [0.3, 0.4) is 0 Å². The lowest BCUT2D eigenvalue weighted by molar-refractivity contribution is 0.315. The second kappa shape index (κ2) is 8.18. The molecule has 0 fully saturated rings. The van der Waals surface area contributed by atoms with E-state index in [-0.39, 0.29) is 5.41 Å². The van der Waals surface area contributed by atoms with Gasteiger partial charge in [0, 0.05) is 11.8 Å². The van der Waals surface area contributed by atoms with Crippen molar-refractivity contribution in [1.29, 1.82) is 0 Å². The van der Waals surface area contributed by atoms with Gasteiger partial charge in [-0.05, 0) is 24.7 Å². The lowest BCUT2D eigenvalue weighted by atomic mass is 9.85.